The third-order valence-corrected chi connectivity index (χ3v) is 5.96. The Morgan fingerprint density at radius 3 is 2.31 bits per heavy atom. The summed E-state index contributed by atoms with van der Waals surface area (Å²) in [5, 5.41) is 2.88. The van der Waals surface area contributed by atoms with Crippen molar-refractivity contribution in [3.05, 3.63) is 54.1 Å². The van der Waals surface area contributed by atoms with Crippen LogP contribution >= 0.6 is 11.8 Å². The lowest BCUT2D eigenvalue weighted by Crippen LogP contribution is -2.47. The summed E-state index contributed by atoms with van der Waals surface area (Å²) in [5.41, 5.74) is 2.19. The molecule has 0 heterocycles. The van der Waals surface area contributed by atoms with E-state index in [4.69, 9.17) is 0 Å². The van der Waals surface area contributed by atoms with Crippen molar-refractivity contribution in [2.45, 2.75) is 31.2 Å². The number of para-hydroxylation sites is 1. The number of rotatable bonds is 7. The maximum absolute atomic E-state index is 12.9. The molecule has 0 aromatic heterocycles. The van der Waals surface area contributed by atoms with Gasteiger partial charge in [-0.2, -0.15) is 0 Å². The van der Waals surface area contributed by atoms with Crippen LogP contribution in [0.1, 0.15) is 18.9 Å². The molecule has 1 atom stereocenters. The molecule has 0 aliphatic rings. The number of carbonyl (C=O) groups excluding carboxylic acids is 1. The van der Waals surface area contributed by atoms with Gasteiger partial charge in [0.05, 0.1) is 17.6 Å². The SMILES string of the molecule is CC[C@@H](C(=O)Nc1ccccc1SC)N(c1ccc(C)cc1)S(C)(=O)=O. The molecule has 26 heavy (non-hydrogen) atoms. The van der Waals surface area contributed by atoms with Gasteiger partial charge in [0.1, 0.15) is 6.04 Å². The molecule has 1 N–H and O–H groups in total. The molecule has 7 heteroatoms. The smallest absolute Gasteiger partial charge is 0.248 e. The molecule has 0 aliphatic carbocycles. The first kappa shape index (κ1) is 20.3. The maximum atomic E-state index is 12.9. The van der Waals surface area contributed by atoms with Crippen molar-refractivity contribution in [3.8, 4) is 0 Å². The molecule has 2 aromatic rings. The second kappa shape index (κ2) is 8.60. The third kappa shape index (κ3) is 4.80. The van der Waals surface area contributed by atoms with Crippen molar-refractivity contribution in [2.24, 2.45) is 0 Å². The van der Waals surface area contributed by atoms with Gasteiger partial charge in [-0.25, -0.2) is 8.42 Å². The third-order valence-electron chi connectivity index (χ3n) is 3.98. The van der Waals surface area contributed by atoms with E-state index in [0.717, 1.165) is 16.7 Å². The zero-order valence-electron chi connectivity index (χ0n) is 15.4. The van der Waals surface area contributed by atoms with Crippen LogP contribution in [0.15, 0.2) is 53.4 Å². The number of anilines is 2. The number of hydrogen-bond donors (Lipinski definition) is 1. The van der Waals surface area contributed by atoms with Gasteiger partial charge in [-0.1, -0.05) is 36.8 Å². The van der Waals surface area contributed by atoms with Crippen molar-refractivity contribution in [3.63, 3.8) is 0 Å². The average molecular weight is 393 g/mol. The van der Waals surface area contributed by atoms with Crippen molar-refractivity contribution >= 4 is 39.1 Å². The number of nitrogens with zero attached hydrogens (tertiary/aromatic N) is 1. The van der Waals surface area contributed by atoms with E-state index >= 15 is 0 Å². The fourth-order valence-electron chi connectivity index (χ4n) is 2.72. The van der Waals surface area contributed by atoms with E-state index in [2.05, 4.69) is 5.32 Å². The molecule has 0 bridgehead atoms. The molecule has 0 aliphatic heterocycles. The molecule has 0 unspecified atom stereocenters. The van der Waals surface area contributed by atoms with E-state index in [1.54, 1.807) is 19.1 Å². The quantitative estimate of drug-likeness (QED) is 0.726. The second-order valence-electron chi connectivity index (χ2n) is 6.01. The van der Waals surface area contributed by atoms with Gasteiger partial charge in [-0.15, -0.1) is 11.8 Å². The molecule has 2 aromatic carbocycles. The van der Waals surface area contributed by atoms with Gasteiger partial charge in [0.25, 0.3) is 0 Å². The van der Waals surface area contributed by atoms with Crippen LogP contribution in [0.2, 0.25) is 0 Å². The Bertz CT molecular complexity index is 865. The summed E-state index contributed by atoms with van der Waals surface area (Å²) < 4.78 is 26.1. The highest BCUT2D eigenvalue weighted by Gasteiger charge is 2.31. The van der Waals surface area contributed by atoms with E-state index in [0.29, 0.717) is 17.8 Å². The van der Waals surface area contributed by atoms with Crippen LogP contribution in [0, 0.1) is 6.92 Å². The first-order valence-electron chi connectivity index (χ1n) is 8.28. The Morgan fingerprint density at radius 1 is 1.15 bits per heavy atom. The fraction of sp³-hybridized carbons (Fsp3) is 0.316. The first-order valence-corrected chi connectivity index (χ1v) is 11.3. The van der Waals surface area contributed by atoms with E-state index in [-0.39, 0.29) is 5.91 Å². The molecule has 5 nitrogen and oxygen atoms in total. The lowest BCUT2D eigenvalue weighted by Gasteiger charge is -2.30. The molecular weight excluding hydrogens is 368 g/mol. The number of carbonyl (C=O) groups is 1. The summed E-state index contributed by atoms with van der Waals surface area (Å²) in [7, 11) is -3.63. The Labute approximate surface area is 159 Å². The summed E-state index contributed by atoms with van der Waals surface area (Å²) in [6.07, 6.45) is 3.41. The summed E-state index contributed by atoms with van der Waals surface area (Å²) in [4.78, 5) is 13.8. The Balaban J connectivity index is 2.38. The van der Waals surface area contributed by atoms with Crippen LogP contribution in [-0.2, 0) is 14.8 Å². The minimum atomic E-state index is -3.63. The number of sulfonamides is 1. The Hall–Kier alpha value is -1.99. The lowest BCUT2D eigenvalue weighted by atomic mass is 10.1. The van der Waals surface area contributed by atoms with Crippen LogP contribution in [0.5, 0.6) is 0 Å². The molecular formula is C19H24N2O3S2. The van der Waals surface area contributed by atoms with Crippen molar-refractivity contribution < 1.29 is 13.2 Å². The molecule has 0 saturated heterocycles. The van der Waals surface area contributed by atoms with Crippen LogP contribution in [-0.4, -0.2) is 32.9 Å². The molecule has 2 rings (SSSR count). The number of amides is 1. The molecule has 0 saturated carbocycles. The van der Waals surface area contributed by atoms with Gasteiger partial charge in [-0.3, -0.25) is 9.10 Å². The van der Waals surface area contributed by atoms with Crippen LogP contribution in [0.25, 0.3) is 0 Å². The summed E-state index contributed by atoms with van der Waals surface area (Å²) in [6, 6.07) is 13.7. The van der Waals surface area contributed by atoms with Crippen molar-refractivity contribution in [2.75, 3.05) is 22.1 Å². The zero-order chi connectivity index (χ0) is 19.3. The number of benzene rings is 2. The average Bonchev–Trinajstić information content (AvgIpc) is 2.60. The van der Waals surface area contributed by atoms with Crippen molar-refractivity contribution in [1.29, 1.82) is 0 Å². The number of thioether (sulfide) groups is 1. The Morgan fingerprint density at radius 2 is 1.77 bits per heavy atom. The maximum Gasteiger partial charge on any atom is 0.248 e. The van der Waals surface area contributed by atoms with Crippen LogP contribution in [0.4, 0.5) is 11.4 Å². The fourth-order valence-corrected chi connectivity index (χ4v) is 4.48. The molecule has 0 radical (unpaired) electrons. The second-order valence-corrected chi connectivity index (χ2v) is 8.72. The monoisotopic (exact) mass is 392 g/mol. The van der Waals surface area contributed by atoms with Crippen molar-refractivity contribution in [1.82, 2.24) is 0 Å². The van der Waals surface area contributed by atoms with Gasteiger partial charge >= 0.3 is 0 Å². The standard InChI is InChI=1S/C19H24N2O3S2/c1-5-17(19(22)20-16-8-6-7-9-18(16)25-3)21(26(4,23)24)15-12-10-14(2)11-13-15/h6-13,17H,5H2,1-4H3,(H,20,22)/t17-/m0/s1. The molecule has 0 fully saturated rings. The molecule has 140 valence electrons. The zero-order valence-corrected chi connectivity index (χ0v) is 17.0. The number of hydrogen-bond acceptors (Lipinski definition) is 4. The molecule has 0 spiro atoms. The summed E-state index contributed by atoms with van der Waals surface area (Å²) in [5.74, 6) is -0.347. The van der Waals surface area contributed by atoms with E-state index < -0.39 is 16.1 Å². The minimum Gasteiger partial charge on any atom is -0.323 e. The van der Waals surface area contributed by atoms with E-state index in [1.165, 1.54) is 16.1 Å². The summed E-state index contributed by atoms with van der Waals surface area (Å²) >= 11 is 1.52. The van der Waals surface area contributed by atoms with Crippen LogP contribution in [0.3, 0.4) is 0 Å². The van der Waals surface area contributed by atoms with Gasteiger partial charge in [0, 0.05) is 4.90 Å². The molecule has 1 amide bonds. The van der Waals surface area contributed by atoms with Crippen LogP contribution < -0.4 is 9.62 Å². The summed E-state index contributed by atoms with van der Waals surface area (Å²) in [6.45, 7) is 3.73. The van der Waals surface area contributed by atoms with E-state index in [9.17, 15) is 13.2 Å². The topological polar surface area (TPSA) is 66.5 Å². The van der Waals surface area contributed by atoms with Gasteiger partial charge in [0.15, 0.2) is 0 Å². The van der Waals surface area contributed by atoms with E-state index in [1.807, 2.05) is 49.6 Å². The van der Waals surface area contributed by atoms with Gasteiger partial charge in [-0.05, 0) is 43.9 Å². The number of nitrogens with one attached hydrogen (secondary N) is 1. The largest absolute Gasteiger partial charge is 0.323 e. The highest BCUT2D eigenvalue weighted by atomic mass is 32.2. The predicted octanol–water partition coefficient (Wildman–Crippen LogP) is 3.90. The normalized spacial score (nSPS) is 12.5. The Kier molecular flexibility index (Phi) is 6.72. The first-order chi connectivity index (χ1) is 12.3. The highest BCUT2D eigenvalue weighted by molar-refractivity contribution is 7.98. The number of aryl methyl sites for hydroxylation is 1. The van der Waals surface area contributed by atoms with Gasteiger partial charge in [0.2, 0.25) is 15.9 Å². The van der Waals surface area contributed by atoms with Gasteiger partial charge < -0.3 is 5.32 Å². The predicted molar refractivity (Wildman–Crippen MR) is 109 cm³/mol. The highest BCUT2D eigenvalue weighted by Crippen LogP contribution is 2.27. The minimum absolute atomic E-state index is 0.347. The lowest BCUT2D eigenvalue weighted by molar-refractivity contribution is -0.117.